The standard InChI is InChI=1S/C14H23N3O2/c1-11(10-19-2)16-14(18)9-17-6-5-12(8-17)7-15-13-3-4-13/h5-6,8,11,13,15H,3-4,7,9-10H2,1-2H3,(H,16,18). The first-order valence-corrected chi connectivity index (χ1v) is 6.83. The van der Waals surface area contributed by atoms with Crippen molar-refractivity contribution < 1.29 is 9.53 Å². The molecule has 1 fully saturated rings. The van der Waals surface area contributed by atoms with Crippen molar-refractivity contribution in [3.8, 4) is 0 Å². The summed E-state index contributed by atoms with van der Waals surface area (Å²) in [5.74, 6) is 0.0156. The number of rotatable bonds is 8. The van der Waals surface area contributed by atoms with Crippen LogP contribution in [0.15, 0.2) is 18.5 Å². The average Bonchev–Trinajstić information content (AvgIpc) is 3.08. The van der Waals surface area contributed by atoms with Gasteiger partial charge < -0.3 is 19.9 Å². The third-order valence-electron chi connectivity index (χ3n) is 3.13. The van der Waals surface area contributed by atoms with E-state index in [9.17, 15) is 4.79 Å². The van der Waals surface area contributed by atoms with Crippen molar-refractivity contribution >= 4 is 5.91 Å². The molecule has 106 valence electrons. The maximum atomic E-state index is 11.8. The number of amides is 1. The van der Waals surface area contributed by atoms with Crippen LogP contribution < -0.4 is 10.6 Å². The van der Waals surface area contributed by atoms with Crippen LogP contribution in [0.3, 0.4) is 0 Å². The van der Waals surface area contributed by atoms with Crippen molar-refractivity contribution in [1.29, 1.82) is 0 Å². The van der Waals surface area contributed by atoms with E-state index >= 15 is 0 Å². The smallest absolute Gasteiger partial charge is 0.240 e. The maximum Gasteiger partial charge on any atom is 0.240 e. The van der Waals surface area contributed by atoms with Crippen LogP contribution in [0.25, 0.3) is 0 Å². The summed E-state index contributed by atoms with van der Waals surface area (Å²) in [6.45, 7) is 3.72. The minimum atomic E-state index is 0.0156. The van der Waals surface area contributed by atoms with E-state index in [4.69, 9.17) is 4.74 Å². The predicted octanol–water partition coefficient (Wildman–Crippen LogP) is 0.891. The van der Waals surface area contributed by atoms with Crippen LogP contribution in [0.2, 0.25) is 0 Å². The highest BCUT2D eigenvalue weighted by molar-refractivity contribution is 5.76. The number of carbonyl (C=O) groups is 1. The van der Waals surface area contributed by atoms with E-state index in [-0.39, 0.29) is 11.9 Å². The van der Waals surface area contributed by atoms with Gasteiger partial charge in [-0.1, -0.05) is 0 Å². The fourth-order valence-corrected chi connectivity index (χ4v) is 2.02. The Morgan fingerprint density at radius 3 is 3.05 bits per heavy atom. The molecule has 1 aromatic rings. The van der Waals surface area contributed by atoms with Gasteiger partial charge in [-0.2, -0.15) is 0 Å². The summed E-state index contributed by atoms with van der Waals surface area (Å²) in [6, 6.07) is 2.81. The fraction of sp³-hybridized carbons (Fsp3) is 0.643. The van der Waals surface area contributed by atoms with E-state index < -0.39 is 0 Å². The zero-order chi connectivity index (χ0) is 13.7. The van der Waals surface area contributed by atoms with Gasteiger partial charge in [0.05, 0.1) is 6.61 Å². The largest absolute Gasteiger partial charge is 0.383 e. The van der Waals surface area contributed by atoms with Crippen LogP contribution in [-0.4, -0.2) is 36.3 Å². The monoisotopic (exact) mass is 265 g/mol. The van der Waals surface area contributed by atoms with E-state index in [0.29, 0.717) is 19.2 Å². The third kappa shape index (κ3) is 5.04. The van der Waals surface area contributed by atoms with Crippen LogP contribution >= 0.6 is 0 Å². The van der Waals surface area contributed by atoms with Crippen molar-refractivity contribution in [2.45, 2.75) is 44.9 Å². The number of aromatic nitrogens is 1. The van der Waals surface area contributed by atoms with Gasteiger partial charge in [-0.25, -0.2) is 0 Å². The van der Waals surface area contributed by atoms with E-state index in [1.807, 2.05) is 23.9 Å². The lowest BCUT2D eigenvalue weighted by Gasteiger charge is -2.12. The second-order valence-electron chi connectivity index (χ2n) is 5.27. The molecule has 1 aliphatic carbocycles. The predicted molar refractivity (Wildman–Crippen MR) is 73.8 cm³/mol. The van der Waals surface area contributed by atoms with Crippen molar-refractivity contribution in [1.82, 2.24) is 15.2 Å². The first-order valence-electron chi connectivity index (χ1n) is 6.83. The van der Waals surface area contributed by atoms with Gasteiger partial charge in [0, 0.05) is 38.1 Å². The normalized spacial score (nSPS) is 16.3. The Morgan fingerprint density at radius 1 is 1.58 bits per heavy atom. The summed E-state index contributed by atoms with van der Waals surface area (Å²) in [6.07, 6.45) is 6.56. The number of carbonyl (C=O) groups excluding carboxylic acids is 1. The van der Waals surface area contributed by atoms with E-state index in [2.05, 4.69) is 16.7 Å². The molecule has 5 heteroatoms. The Balaban J connectivity index is 1.73. The van der Waals surface area contributed by atoms with Crippen LogP contribution in [-0.2, 0) is 22.6 Å². The molecule has 0 saturated heterocycles. The number of nitrogens with one attached hydrogen (secondary N) is 2. The maximum absolute atomic E-state index is 11.8. The molecule has 1 aliphatic rings. The highest BCUT2D eigenvalue weighted by atomic mass is 16.5. The summed E-state index contributed by atoms with van der Waals surface area (Å²) in [4.78, 5) is 11.8. The van der Waals surface area contributed by atoms with Crippen molar-refractivity contribution in [2.24, 2.45) is 0 Å². The summed E-state index contributed by atoms with van der Waals surface area (Å²) in [7, 11) is 1.63. The van der Waals surface area contributed by atoms with Gasteiger partial charge >= 0.3 is 0 Å². The molecule has 0 bridgehead atoms. The lowest BCUT2D eigenvalue weighted by atomic mass is 10.3. The molecule has 1 aromatic heterocycles. The number of methoxy groups -OCH3 is 1. The molecule has 0 spiro atoms. The molecular formula is C14H23N3O2. The highest BCUT2D eigenvalue weighted by Gasteiger charge is 2.20. The van der Waals surface area contributed by atoms with Gasteiger partial charge in [-0.05, 0) is 31.4 Å². The van der Waals surface area contributed by atoms with Crippen LogP contribution in [0, 0.1) is 0 Å². The van der Waals surface area contributed by atoms with E-state index in [1.54, 1.807) is 7.11 Å². The summed E-state index contributed by atoms with van der Waals surface area (Å²) >= 11 is 0. The van der Waals surface area contributed by atoms with Gasteiger partial charge in [0.15, 0.2) is 0 Å². The Hall–Kier alpha value is -1.33. The first kappa shape index (κ1) is 14.1. The Morgan fingerprint density at radius 2 is 2.37 bits per heavy atom. The molecule has 0 radical (unpaired) electrons. The lowest BCUT2D eigenvalue weighted by Crippen LogP contribution is -2.37. The van der Waals surface area contributed by atoms with Crippen LogP contribution in [0.5, 0.6) is 0 Å². The van der Waals surface area contributed by atoms with Gasteiger partial charge in [0.1, 0.15) is 6.54 Å². The topological polar surface area (TPSA) is 55.3 Å². The molecule has 2 rings (SSSR count). The Labute approximate surface area is 114 Å². The molecule has 19 heavy (non-hydrogen) atoms. The van der Waals surface area contributed by atoms with Crippen LogP contribution in [0.1, 0.15) is 25.3 Å². The third-order valence-corrected chi connectivity index (χ3v) is 3.13. The number of ether oxygens (including phenoxy) is 1. The first-order chi connectivity index (χ1) is 9.17. The minimum Gasteiger partial charge on any atom is -0.383 e. The van der Waals surface area contributed by atoms with E-state index in [1.165, 1.54) is 18.4 Å². The molecule has 1 saturated carbocycles. The number of nitrogens with zero attached hydrogens (tertiary/aromatic N) is 1. The van der Waals surface area contributed by atoms with Crippen molar-refractivity contribution in [3.05, 3.63) is 24.0 Å². The number of hydrogen-bond acceptors (Lipinski definition) is 3. The zero-order valence-electron chi connectivity index (χ0n) is 11.7. The molecule has 1 amide bonds. The molecular weight excluding hydrogens is 242 g/mol. The zero-order valence-corrected chi connectivity index (χ0v) is 11.7. The van der Waals surface area contributed by atoms with Crippen molar-refractivity contribution in [3.63, 3.8) is 0 Å². The van der Waals surface area contributed by atoms with Crippen molar-refractivity contribution in [2.75, 3.05) is 13.7 Å². The molecule has 0 aliphatic heterocycles. The second kappa shape index (κ2) is 6.73. The Bertz CT molecular complexity index is 413. The van der Waals surface area contributed by atoms with Gasteiger partial charge in [-0.3, -0.25) is 4.79 Å². The molecule has 1 unspecified atom stereocenters. The summed E-state index contributed by atoms with van der Waals surface area (Å²) < 4.78 is 6.90. The molecule has 1 heterocycles. The fourth-order valence-electron chi connectivity index (χ4n) is 2.02. The summed E-state index contributed by atoms with van der Waals surface area (Å²) in [5.41, 5.74) is 1.23. The molecule has 0 aromatic carbocycles. The Kier molecular flexibility index (Phi) is 4.99. The molecule has 5 nitrogen and oxygen atoms in total. The summed E-state index contributed by atoms with van der Waals surface area (Å²) in [5, 5.41) is 6.36. The highest BCUT2D eigenvalue weighted by Crippen LogP contribution is 2.19. The van der Waals surface area contributed by atoms with Gasteiger partial charge in [0.2, 0.25) is 5.91 Å². The average molecular weight is 265 g/mol. The van der Waals surface area contributed by atoms with Gasteiger partial charge in [0.25, 0.3) is 0 Å². The quantitative estimate of drug-likeness (QED) is 0.734. The SMILES string of the molecule is COCC(C)NC(=O)Cn1ccc(CNC2CC2)c1. The lowest BCUT2D eigenvalue weighted by molar-refractivity contribution is -0.122. The molecule has 2 N–H and O–H groups in total. The number of hydrogen-bond donors (Lipinski definition) is 2. The van der Waals surface area contributed by atoms with Crippen LogP contribution in [0.4, 0.5) is 0 Å². The second-order valence-corrected chi connectivity index (χ2v) is 5.27. The van der Waals surface area contributed by atoms with Gasteiger partial charge in [-0.15, -0.1) is 0 Å². The minimum absolute atomic E-state index is 0.0156. The van der Waals surface area contributed by atoms with E-state index in [0.717, 1.165) is 6.54 Å². The molecule has 1 atom stereocenters.